The van der Waals surface area contributed by atoms with E-state index in [1.807, 2.05) is 13.8 Å². The van der Waals surface area contributed by atoms with Crippen LogP contribution in [0.25, 0.3) is 10.1 Å². The number of amides is 1. The van der Waals surface area contributed by atoms with Crippen LogP contribution in [0.4, 0.5) is 0 Å². The first-order chi connectivity index (χ1) is 9.25. The number of carbonyl (C=O) groups is 1. The molecule has 0 spiro atoms. The molecular formula is C13H13Cl3N2OS. The van der Waals surface area contributed by atoms with Gasteiger partial charge in [0.25, 0.3) is 5.91 Å². The molecule has 0 saturated heterocycles. The summed E-state index contributed by atoms with van der Waals surface area (Å²) in [5, 5.41) is 4.78. The lowest BCUT2D eigenvalue weighted by molar-refractivity contribution is 0.0920. The highest BCUT2D eigenvalue weighted by Gasteiger charge is 2.24. The van der Waals surface area contributed by atoms with Crippen LogP contribution in [-0.4, -0.2) is 18.0 Å². The molecule has 7 heteroatoms. The Kier molecular flexibility index (Phi) is 4.52. The van der Waals surface area contributed by atoms with Crippen LogP contribution in [0.2, 0.25) is 15.1 Å². The first-order valence-corrected chi connectivity index (χ1v) is 7.80. The molecule has 0 aliphatic heterocycles. The third-order valence-electron chi connectivity index (χ3n) is 2.82. The number of hydrogen-bond acceptors (Lipinski definition) is 3. The number of thiophene rings is 1. The van der Waals surface area contributed by atoms with Gasteiger partial charge in [0.1, 0.15) is 4.88 Å². The fraction of sp³-hybridized carbons (Fsp3) is 0.308. The van der Waals surface area contributed by atoms with Crippen molar-refractivity contribution in [2.75, 3.05) is 6.54 Å². The molecule has 20 heavy (non-hydrogen) atoms. The van der Waals surface area contributed by atoms with E-state index >= 15 is 0 Å². The number of rotatable bonds is 3. The third-order valence-corrected chi connectivity index (χ3v) is 4.96. The van der Waals surface area contributed by atoms with Gasteiger partial charge >= 0.3 is 0 Å². The van der Waals surface area contributed by atoms with Gasteiger partial charge in [-0.05, 0) is 26.0 Å². The molecule has 1 heterocycles. The minimum Gasteiger partial charge on any atom is -0.345 e. The van der Waals surface area contributed by atoms with Crippen molar-refractivity contribution in [2.24, 2.45) is 5.73 Å². The zero-order chi connectivity index (χ0) is 15.1. The van der Waals surface area contributed by atoms with Crippen molar-refractivity contribution in [1.82, 2.24) is 5.32 Å². The molecule has 0 aliphatic carbocycles. The molecule has 2 aromatic rings. The number of carbonyl (C=O) groups excluding carboxylic acids is 1. The van der Waals surface area contributed by atoms with E-state index in [2.05, 4.69) is 5.32 Å². The van der Waals surface area contributed by atoms with Crippen LogP contribution >= 0.6 is 46.1 Å². The Morgan fingerprint density at radius 2 is 2.00 bits per heavy atom. The second-order valence-corrected chi connectivity index (χ2v) is 7.32. The lowest BCUT2D eigenvalue weighted by Crippen LogP contribution is -2.48. The molecule has 1 aromatic carbocycles. The van der Waals surface area contributed by atoms with E-state index in [-0.39, 0.29) is 5.91 Å². The second kappa shape index (κ2) is 5.70. The summed E-state index contributed by atoms with van der Waals surface area (Å²) in [5.41, 5.74) is 5.10. The second-order valence-electron chi connectivity index (χ2n) is 5.05. The van der Waals surface area contributed by atoms with Crippen LogP contribution in [0.15, 0.2) is 12.1 Å². The topological polar surface area (TPSA) is 55.1 Å². The van der Waals surface area contributed by atoms with E-state index in [1.165, 1.54) is 11.3 Å². The summed E-state index contributed by atoms with van der Waals surface area (Å²) >= 11 is 19.6. The zero-order valence-corrected chi connectivity index (χ0v) is 14.0. The molecule has 0 fully saturated rings. The van der Waals surface area contributed by atoms with E-state index in [4.69, 9.17) is 40.5 Å². The lowest BCUT2D eigenvalue weighted by atomic mass is 10.1. The summed E-state index contributed by atoms with van der Waals surface area (Å²) in [6.07, 6.45) is 0. The van der Waals surface area contributed by atoms with Gasteiger partial charge in [0, 0.05) is 27.2 Å². The average molecular weight is 352 g/mol. The number of nitrogens with one attached hydrogen (secondary N) is 1. The largest absolute Gasteiger partial charge is 0.345 e. The zero-order valence-electron chi connectivity index (χ0n) is 10.9. The molecule has 0 saturated carbocycles. The number of nitrogens with two attached hydrogens (primary N) is 1. The number of hydrogen-bond donors (Lipinski definition) is 2. The molecule has 0 atom stereocenters. The van der Waals surface area contributed by atoms with Crippen molar-refractivity contribution in [3.63, 3.8) is 0 Å². The predicted molar refractivity (Wildman–Crippen MR) is 87.5 cm³/mol. The van der Waals surface area contributed by atoms with Gasteiger partial charge in [-0.15, -0.1) is 11.3 Å². The van der Waals surface area contributed by atoms with Crippen molar-refractivity contribution in [2.45, 2.75) is 19.4 Å². The Hall–Kier alpha value is -0.520. The average Bonchev–Trinajstić information content (AvgIpc) is 2.66. The van der Waals surface area contributed by atoms with Crippen LogP contribution in [0.1, 0.15) is 23.5 Å². The minimum atomic E-state index is -0.502. The van der Waals surface area contributed by atoms with Gasteiger partial charge in [0.2, 0.25) is 0 Å². The van der Waals surface area contributed by atoms with Gasteiger partial charge in [-0.1, -0.05) is 34.8 Å². The quantitative estimate of drug-likeness (QED) is 0.865. The van der Waals surface area contributed by atoms with Gasteiger partial charge in [0.05, 0.1) is 10.0 Å². The maximum absolute atomic E-state index is 12.3. The Morgan fingerprint density at radius 1 is 1.35 bits per heavy atom. The van der Waals surface area contributed by atoms with Crippen LogP contribution in [0.5, 0.6) is 0 Å². The standard InChI is InChI=1S/C13H13Cl3N2OS/c1-13(2,5-17)18-12(19)11-10(16)9-7(15)3-6(14)4-8(9)20-11/h3-4H,5,17H2,1-2H3,(H,18,19). The fourth-order valence-electron chi connectivity index (χ4n) is 1.67. The van der Waals surface area contributed by atoms with Crippen molar-refractivity contribution in [3.05, 3.63) is 32.1 Å². The van der Waals surface area contributed by atoms with E-state index < -0.39 is 5.54 Å². The van der Waals surface area contributed by atoms with E-state index in [9.17, 15) is 4.79 Å². The molecular weight excluding hydrogens is 339 g/mol. The highest BCUT2D eigenvalue weighted by atomic mass is 35.5. The van der Waals surface area contributed by atoms with Gasteiger partial charge in [-0.25, -0.2) is 0 Å². The smallest absolute Gasteiger partial charge is 0.263 e. The van der Waals surface area contributed by atoms with E-state index in [0.29, 0.717) is 31.9 Å². The van der Waals surface area contributed by atoms with Crippen LogP contribution < -0.4 is 11.1 Å². The molecule has 3 nitrogen and oxygen atoms in total. The van der Waals surface area contributed by atoms with E-state index in [1.54, 1.807) is 12.1 Å². The van der Waals surface area contributed by atoms with Gasteiger partial charge < -0.3 is 11.1 Å². The SMILES string of the molecule is CC(C)(CN)NC(=O)c1sc2cc(Cl)cc(Cl)c2c1Cl. The molecule has 2 rings (SSSR count). The van der Waals surface area contributed by atoms with Crippen LogP contribution in [-0.2, 0) is 0 Å². The Morgan fingerprint density at radius 3 is 2.60 bits per heavy atom. The minimum absolute atomic E-state index is 0.265. The first-order valence-electron chi connectivity index (χ1n) is 5.85. The molecule has 3 N–H and O–H groups in total. The summed E-state index contributed by atoms with van der Waals surface area (Å²) in [5.74, 6) is -0.265. The number of halogens is 3. The summed E-state index contributed by atoms with van der Waals surface area (Å²) < 4.78 is 0.781. The molecule has 0 radical (unpaired) electrons. The van der Waals surface area contributed by atoms with Gasteiger partial charge in [0.15, 0.2) is 0 Å². The monoisotopic (exact) mass is 350 g/mol. The maximum atomic E-state index is 12.3. The third kappa shape index (κ3) is 3.05. The molecule has 0 unspecified atom stereocenters. The summed E-state index contributed by atoms with van der Waals surface area (Å²) in [6, 6.07) is 3.35. The molecule has 1 aromatic heterocycles. The summed E-state index contributed by atoms with van der Waals surface area (Å²) in [7, 11) is 0. The Labute approximate surface area is 136 Å². The molecule has 0 bridgehead atoms. The fourth-order valence-corrected chi connectivity index (χ4v) is 3.95. The van der Waals surface area contributed by atoms with Gasteiger partial charge in [-0.3, -0.25) is 4.79 Å². The van der Waals surface area contributed by atoms with Crippen molar-refractivity contribution in [3.8, 4) is 0 Å². The number of benzene rings is 1. The number of fused-ring (bicyclic) bond motifs is 1. The van der Waals surface area contributed by atoms with Crippen LogP contribution in [0, 0.1) is 0 Å². The molecule has 1 amide bonds. The predicted octanol–water partition coefficient (Wildman–Crippen LogP) is 4.33. The highest BCUT2D eigenvalue weighted by molar-refractivity contribution is 7.21. The Bertz CT molecular complexity index is 682. The first kappa shape index (κ1) is 15.9. The van der Waals surface area contributed by atoms with Crippen LogP contribution in [0.3, 0.4) is 0 Å². The molecule has 108 valence electrons. The van der Waals surface area contributed by atoms with Crippen molar-refractivity contribution >= 4 is 62.1 Å². The van der Waals surface area contributed by atoms with Crippen molar-refractivity contribution in [1.29, 1.82) is 0 Å². The highest BCUT2D eigenvalue weighted by Crippen LogP contribution is 2.41. The summed E-state index contributed by atoms with van der Waals surface area (Å²) in [4.78, 5) is 12.7. The lowest BCUT2D eigenvalue weighted by Gasteiger charge is -2.23. The van der Waals surface area contributed by atoms with Gasteiger partial charge in [-0.2, -0.15) is 0 Å². The Balaban J connectivity index is 2.48. The maximum Gasteiger partial charge on any atom is 0.263 e. The van der Waals surface area contributed by atoms with E-state index in [0.717, 1.165) is 4.70 Å². The summed E-state index contributed by atoms with van der Waals surface area (Å²) in [6.45, 7) is 4.01. The molecule has 0 aliphatic rings. The van der Waals surface area contributed by atoms with Crippen molar-refractivity contribution < 1.29 is 4.79 Å². The normalized spacial score (nSPS) is 11.9.